The van der Waals surface area contributed by atoms with Crippen molar-refractivity contribution < 1.29 is 19.2 Å². The molecule has 0 bridgehead atoms. The van der Waals surface area contributed by atoms with Gasteiger partial charge in [0.1, 0.15) is 6.04 Å². The summed E-state index contributed by atoms with van der Waals surface area (Å²) < 4.78 is 0. The van der Waals surface area contributed by atoms with Crippen molar-refractivity contribution in [3.8, 4) is 0 Å². The van der Waals surface area contributed by atoms with Gasteiger partial charge in [0.2, 0.25) is 17.7 Å². The van der Waals surface area contributed by atoms with Gasteiger partial charge in [0.05, 0.1) is 23.1 Å². The minimum Gasteiger partial charge on any atom is -0.351 e. The van der Waals surface area contributed by atoms with Crippen molar-refractivity contribution in [3.63, 3.8) is 0 Å². The van der Waals surface area contributed by atoms with E-state index < -0.39 is 17.9 Å². The Morgan fingerprint density at radius 3 is 2.85 bits per heavy atom. The number of nitrogens with one attached hydrogen (secondary N) is 2. The molecule has 2 heterocycles. The Morgan fingerprint density at radius 2 is 2.11 bits per heavy atom. The Morgan fingerprint density at radius 1 is 1.33 bits per heavy atom. The molecule has 2 aromatic rings. The molecule has 27 heavy (non-hydrogen) atoms. The van der Waals surface area contributed by atoms with Crippen molar-refractivity contribution >= 4 is 40.6 Å². The number of piperidine rings is 1. The molecule has 0 saturated carbocycles. The zero-order valence-corrected chi connectivity index (χ0v) is 14.6. The molecule has 1 unspecified atom stereocenters. The number of benzene rings is 1. The van der Waals surface area contributed by atoms with Gasteiger partial charge in [-0.15, -0.1) is 0 Å². The summed E-state index contributed by atoms with van der Waals surface area (Å²) in [5, 5.41) is 5.95. The van der Waals surface area contributed by atoms with E-state index in [0.717, 1.165) is 17.0 Å². The second-order valence-electron chi connectivity index (χ2n) is 6.18. The van der Waals surface area contributed by atoms with Crippen LogP contribution in [0.1, 0.15) is 12.8 Å². The lowest BCUT2D eigenvalue weighted by Crippen LogP contribution is -2.52. The van der Waals surface area contributed by atoms with Crippen molar-refractivity contribution in [2.75, 3.05) is 12.4 Å². The fourth-order valence-electron chi connectivity index (χ4n) is 2.85. The lowest BCUT2D eigenvalue weighted by molar-refractivity contribution is -0.142. The average molecular weight is 366 g/mol. The van der Waals surface area contributed by atoms with Gasteiger partial charge >= 0.3 is 0 Å². The van der Waals surface area contributed by atoms with E-state index in [-0.39, 0.29) is 24.4 Å². The molecule has 0 radical (unpaired) electrons. The molecule has 1 aromatic carbocycles. The first kappa shape index (κ1) is 18.2. The van der Waals surface area contributed by atoms with Crippen LogP contribution in [0.15, 0.2) is 48.3 Å². The van der Waals surface area contributed by atoms with Gasteiger partial charge in [-0.25, -0.2) is 0 Å². The first-order valence-electron chi connectivity index (χ1n) is 8.37. The average Bonchev–Trinajstić information content (AvgIpc) is 2.66. The molecule has 3 rings (SSSR count). The van der Waals surface area contributed by atoms with Gasteiger partial charge in [-0.05, 0) is 18.6 Å². The highest BCUT2D eigenvalue weighted by atomic mass is 16.2. The van der Waals surface area contributed by atoms with Crippen LogP contribution in [0, 0.1) is 0 Å². The second-order valence-corrected chi connectivity index (χ2v) is 6.18. The highest BCUT2D eigenvalue weighted by Gasteiger charge is 2.31. The van der Waals surface area contributed by atoms with Crippen molar-refractivity contribution in [3.05, 3.63) is 48.3 Å². The largest absolute Gasteiger partial charge is 0.351 e. The quantitative estimate of drug-likeness (QED) is 0.464. The fourth-order valence-corrected chi connectivity index (χ4v) is 2.85. The van der Waals surface area contributed by atoms with Crippen molar-refractivity contribution in [1.29, 1.82) is 0 Å². The molecule has 0 spiro atoms. The maximum Gasteiger partial charge on any atom is 0.249 e. The number of para-hydroxylation sites is 1. The molecule has 2 N–H and O–H groups in total. The fraction of sp³-hybridized carbons (Fsp3) is 0.211. The smallest absolute Gasteiger partial charge is 0.249 e. The molecule has 8 nitrogen and oxygen atoms in total. The second kappa shape index (κ2) is 7.77. The van der Waals surface area contributed by atoms with Gasteiger partial charge < -0.3 is 10.2 Å². The summed E-state index contributed by atoms with van der Waals surface area (Å²) in [6, 6.07) is 8.58. The number of pyridine rings is 1. The Balaban J connectivity index is 1.74. The SMILES string of the molecule is CN(C(=O)/C=C(\C=O)Nc1cnc2ccccc2c1)C1CCC(=O)NC1=O. The first-order chi connectivity index (χ1) is 13.0. The van der Waals surface area contributed by atoms with Crippen LogP contribution in [0.5, 0.6) is 0 Å². The number of likely N-dealkylation sites (N-methyl/N-ethyl adjacent to an activating group) is 1. The van der Waals surface area contributed by atoms with Crippen LogP contribution in [-0.2, 0) is 19.2 Å². The third kappa shape index (κ3) is 4.17. The number of allylic oxidation sites excluding steroid dienone is 1. The van der Waals surface area contributed by atoms with Gasteiger partial charge in [0, 0.05) is 24.9 Å². The standard InChI is InChI=1S/C19H18N4O4/c1-23(16-6-7-17(25)22-19(16)27)18(26)9-14(11-24)21-13-8-12-4-2-3-5-15(12)20-10-13/h2-5,8-11,16,21H,6-7H2,1H3,(H,22,25,27)/b14-9+. The number of hydrogen-bond acceptors (Lipinski definition) is 6. The van der Waals surface area contributed by atoms with Crippen molar-refractivity contribution in [2.45, 2.75) is 18.9 Å². The zero-order valence-electron chi connectivity index (χ0n) is 14.6. The molecule has 1 aliphatic rings. The zero-order chi connectivity index (χ0) is 19.4. The minimum absolute atomic E-state index is 0.0382. The molecule has 1 aromatic heterocycles. The third-order valence-electron chi connectivity index (χ3n) is 4.31. The van der Waals surface area contributed by atoms with Crippen LogP contribution in [0.25, 0.3) is 10.9 Å². The number of rotatable bonds is 5. The predicted molar refractivity (Wildman–Crippen MR) is 98.5 cm³/mol. The van der Waals surface area contributed by atoms with Crippen LogP contribution in [0.4, 0.5) is 5.69 Å². The highest BCUT2D eigenvalue weighted by Crippen LogP contribution is 2.17. The van der Waals surface area contributed by atoms with E-state index in [1.165, 1.54) is 11.9 Å². The molecular weight excluding hydrogens is 348 g/mol. The topological polar surface area (TPSA) is 108 Å². The molecule has 138 valence electrons. The Hall–Kier alpha value is -3.55. The molecule has 8 heteroatoms. The van der Waals surface area contributed by atoms with Gasteiger partial charge in [-0.2, -0.15) is 0 Å². The summed E-state index contributed by atoms with van der Waals surface area (Å²) in [6.45, 7) is 0. The van der Waals surface area contributed by atoms with Crippen LogP contribution in [0.3, 0.4) is 0 Å². The van der Waals surface area contributed by atoms with E-state index in [1.54, 1.807) is 6.20 Å². The van der Waals surface area contributed by atoms with E-state index in [0.29, 0.717) is 12.0 Å². The van der Waals surface area contributed by atoms with Crippen molar-refractivity contribution in [1.82, 2.24) is 15.2 Å². The van der Waals surface area contributed by atoms with E-state index in [1.807, 2.05) is 30.3 Å². The van der Waals surface area contributed by atoms with Gasteiger partial charge in [0.15, 0.2) is 6.29 Å². The number of imide groups is 1. The molecule has 1 aliphatic heterocycles. The van der Waals surface area contributed by atoms with E-state index in [2.05, 4.69) is 15.6 Å². The molecule has 0 aliphatic carbocycles. The predicted octanol–water partition coefficient (Wildman–Crippen LogP) is 0.993. The molecule has 3 amide bonds. The number of anilines is 1. The summed E-state index contributed by atoms with van der Waals surface area (Å²) in [4.78, 5) is 52.4. The Kier molecular flexibility index (Phi) is 5.25. The monoisotopic (exact) mass is 366 g/mol. The van der Waals surface area contributed by atoms with E-state index in [9.17, 15) is 19.2 Å². The third-order valence-corrected chi connectivity index (χ3v) is 4.31. The summed E-state index contributed by atoms with van der Waals surface area (Å²) in [6.07, 6.45) is 3.61. The molecule has 1 fully saturated rings. The van der Waals surface area contributed by atoms with Gasteiger partial charge in [-0.1, -0.05) is 18.2 Å². The van der Waals surface area contributed by atoms with Gasteiger partial charge in [0.25, 0.3) is 0 Å². The summed E-state index contributed by atoms with van der Waals surface area (Å²) in [5.41, 5.74) is 1.41. The number of fused-ring (bicyclic) bond motifs is 1. The summed E-state index contributed by atoms with van der Waals surface area (Å²) >= 11 is 0. The lowest BCUT2D eigenvalue weighted by atomic mass is 10.0. The number of amides is 3. The minimum atomic E-state index is -0.748. The van der Waals surface area contributed by atoms with E-state index in [4.69, 9.17) is 0 Å². The Labute approximate surface area is 155 Å². The molecule has 1 saturated heterocycles. The first-order valence-corrected chi connectivity index (χ1v) is 8.37. The Bertz CT molecular complexity index is 954. The molecule has 1 atom stereocenters. The number of aromatic nitrogens is 1. The van der Waals surface area contributed by atoms with Crippen LogP contribution >= 0.6 is 0 Å². The highest BCUT2D eigenvalue weighted by molar-refractivity contribution is 6.03. The number of nitrogens with zero attached hydrogens (tertiary/aromatic N) is 2. The number of carbonyl (C=O) groups excluding carboxylic acids is 4. The van der Waals surface area contributed by atoms with Crippen LogP contribution in [-0.4, -0.2) is 47.0 Å². The normalized spacial score (nSPS) is 17.4. The maximum absolute atomic E-state index is 12.4. The molecular formula is C19H18N4O4. The van der Waals surface area contributed by atoms with Crippen LogP contribution < -0.4 is 10.6 Å². The number of carbonyl (C=O) groups is 4. The van der Waals surface area contributed by atoms with Crippen LogP contribution in [0.2, 0.25) is 0 Å². The lowest BCUT2D eigenvalue weighted by Gasteiger charge is -2.29. The number of aldehydes is 1. The van der Waals surface area contributed by atoms with Crippen molar-refractivity contribution in [2.24, 2.45) is 0 Å². The van der Waals surface area contributed by atoms with E-state index >= 15 is 0 Å². The summed E-state index contributed by atoms with van der Waals surface area (Å²) in [5.74, 6) is -1.39. The summed E-state index contributed by atoms with van der Waals surface area (Å²) in [7, 11) is 1.46. The number of hydrogen-bond donors (Lipinski definition) is 2. The maximum atomic E-state index is 12.4. The van der Waals surface area contributed by atoms with Gasteiger partial charge in [-0.3, -0.25) is 29.5 Å².